The molecule has 0 bridgehead atoms. The number of halogens is 2. The van der Waals surface area contributed by atoms with Crippen molar-refractivity contribution in [1.82, 2.24) is 5.43 Å². The fourth-order valence-electron chi connectivity index (χ4n) is 3.11. The van der Waals surface area contributed by atoms with E-state index >= 15 is 0 Å². The van der Waals surface area contributed by atoms with Crippen LogP contribution in [0.15, 0.2) is 84.0 Å². The number of carbonyl (C=O) groups is 2. The molecule has 0 aliphatic heterocycles. The van der Waals surface area contributed by atoms with Crippen LogP contribution < -0.4 is 10.2 Å². The molecule has 0 saturated carbocycles. The van der Waals surface area contributed by atoms with Gasteiger partial charge in [-0.3, -0.25) is 4.79 Å². The number of benzene rings is 4. The van der Waals surface area contributed by atoms with Crippen molar-refractivity contribution in [2.24, 2.45) is 5.10 Å². The minimum absolute atomic E-state index is 0.105. The number of phenolic OH excluding ortho intramolecular Hbond substituents is 1. The Balaban J connectivity index is 1.44. The Morgan fingerprint density at radius 1 is 0.879 bits per heavy atom. The molecular weight excluding hydrogens is 463 g/mol. The van der Waals surface area contributed by atoms with Gasteiger partial charge in [0.2, 0.25) is 0 Å². The quantitative estimate of drug-likeness (QED) is 0.163. The van der Waals surface area contributed by atoms with E-state index in [0.29, 0.717) is 10.6 Å². The van der Waals surface area contributed by atoms with Crippen molar-refractivity contribution < 1.29 is 19.4 Å². The summed E-state index contributed by atoms with van der Waals surface area (Å²) >= 11 is 11.9. The van der Waals surface area contributed by atoms with Gasteiger partial charge in [0, 0.05) is 5.02 Å². The van der Waals surface area contributed by atoms with Crippen LogP contribution in [0.2, 0.25) is 10.0 Å². The van der Waals surface area contributed by atoms with Gasteiger partial charge in [-0.15, -0.1) is 0 Å². The highest BCUT2D eigenvalue weighted by atomic mass is 35.5. The highest BCUT2D eigenvalue weighted by Crippen LogP contribution is 2.25. The number of phenols is 1. The monoisotopic (exact) mass is 478 g/mol. The maximum Gasteiger partial charge on any atom is 0.345 e. The Bertz CT molecular complexity index is 1400. The van der Waals surface area contributed by atoms with E-state index in [1.54, 1.807) is 36.4 Å². The van der Waals surface area contributed by atoms with Gasteiger partial charge >= 0.3 is 5.97 Å². The second-order valence-electron chi connectivity index (χ2n) is 7.00. The molecule has 2 N–H and O–H groups in total. The molecule has 1 amide bonds. The van der Waals surface area contributed by atoms with Gasteiger partial charge in [-0.05, 0) is 58.8 Å². The van der Waals surface area contributed by atoms with Crippen molar-refractivity contribution in [2.45, 2.75) is 0 Å². The summed E-state index contributed by atoms with van der Waals surface area (Å²) in [6.07, 6.45) is 1.39. The third kappa shape index (κ3) is 5.31. The third-order valence-electron chi connectivity index (χ3n) is 4.71. The van der Waals surface area contributed by atoms with Crippen molar-refractivity contribution in [3.63, 3.8) is 0 Å². The van der Waals surface area contributed by atoms with E-state index < -0.39 is 11.9 Å². The van der Waals surface area contributed by atoms with E-state index in [9.17, 15) is 14.7 Å². The maximum absolute atomic E-state index is 12.4. The number of nitrogens with zero attached hydrogens (tertiary/aromatic N) is 1. The fourth-order valence-corrected chi connectivity index (χ4v) is 3.60. The van der Waals surface area contributed by atoms with Gasteiger partial charge in [-0.25, -0.2) is 10.2 Å². The Labute approximate surface area is 199 Å². The zero-order valence-corrected chi connectivity index (χ0v) is 18.5. The lowest BCUT2D eigenvalue weighted by atomic mass is 10.1. The van der Waals surface area contributed by atoms with Gasteiger partial charge in [-0.1, -0.05) is 59.6 Å². The number of hydrogen-bond donors (Lipinski definition) is 2. The van der Waals surface area contributed by atoms with Gasteiger partial charge in [0.25, 0.3) is 5.91 Å². The minimum Gasteiger partial charge on any atom is -0.507 e. The summed E-state index contributed by atoms with van der Waals surface area (Å²) in [6, 6.07) is 21.6. The van der Waals surface area contributed by atoms with Gasteiger partial charge in [0.1, 0.15) is 11.5 Å². The highest BCUT2D eigenvalue weighted by Gasteiger charge is 2.14. The number of hydrogen-bond acceptors (Lipinski definition) is 5. The van der Waals surface area contributed by atoms with Crippen LogP contribution in [0.1, 0.15) is 26.3 Å². The molecule has 0 fully saturated rings. The molecular formula is C25H16Cl2N2O4. The molecule has 0 aliphatic carbocycles. The van der Waals surface area contributed by atoms with Crippen molar-refractivity contribution in [3.05, 3.63) is 106 Å². The first kappa shape index (κ1) is 22.3. The molecule has 0 atom stereocenters. The number of amides is 1. The zero-order valence-electron chi connectivity index (χ0n) is 17.0. The number of aromatic hydroxyl groups is 1. The van der Waals surface area contributed by atoms with Gasteiger partial charge in [-0.2, -0.15) is 5.10 Å². The van der Waals surface area contributed by atoms with Crippen LogP contribution >= 0.6 is 23.2 Å². The molecule has 4 aromatic carbocycles. The highest BCUT2D eigenvalue weighted by molar-refractivity contribution is 6.36. The molecule has 8 heteroatoms. The Kier molecular flexibility index (Phi) is 6.58. The lowest BCUT2D eigenvalue weighted by molar-refractivity contribution is 0.0734. The Morgan fingerprint density at radius 3 is 2.39 bits per heavy atom. The smallest absolute Gasteiger partial charge is 0.345 e. The summed E-state index contributed by atoms with van der Waals surface area (Å²) < 4.78 is 5.37. The molecule has 0 saturated heterocycles. The van der Waals surface area contributed by atoms with E-state index in [1.165, 1.54) is 24.4 Å². The number of ether oxygens (including phenoxy) is 1. The van der Waals surface area contributed by atoms with Crippen molar-refractivity contribution in [2.75, 3.05) is 0 Å². The standard InChI is InChI=1S/C25H16Cl2N2O4/c26-18-8-9-20(22(27)13-18)25(32)33-19-7-3-4-15(10-19)14-28-29-24(31)21-11-16-5-1-2-6-17(16)12-23(21)30/h1-14,30H,(H,29,31)/b28-14-. The Hall–Kier alpha value is -3.87. The molecule has 0 heterocycles. The van der Waals surface area contributed by atoms with E-state index in [2.05, 4.69) is 10.5 Å². The molecule has 6 nitrogen and oxygen atoms in total. The molecule has 0 aliphatic rings. The van der Waals surface area contributed by atoms with E-state index in [4.69, 9.17) is 27.9 Å². The number of fused-ring (bicyclic) bond motifs is 1. The van der Waals surface area contributed by atoms with E-state index in [-0.39, 0.29) is 27.6 Å². The third-order valence-corrected chi connectivity index (χ3v) is 5.26. The van der Waals surface area contributed by atoms with Crippen LogP contribution in [0.4, 0.5) is 0 Å². The van der Waals surface area contributed by atoms with Crippen molar-refractivity contribution in [3.8, 4) is 11.5 Å². The molecule has 0 radical (unpaired) electrons. The molecule has 0 aromatic heterocycles. The molecule has 0 unspecified atom stereocenters. The SMILES string of the molecule is O=C(N/N=C\c1cccc(OC(=O)c2ccc(Cl)cc2Cl)c1)c1cc2ccccc2cc1O. The first-order valence-electron chi connectivity index (χ1n) is 9.73. The molecule has 0 spiro atoms. The topological polar surface area (TPSA) is 88.0 Å². The molecule has 164 valence electrons. The number of carbonyl (C=O) groups excluding carboxylic acids is 2. The Morgan fingerprint density at radius 2 is 1.64 bits per heavy atom. The molecule has 33 heavy (non-hydrogen) atoms. The molecule has 4 rings (SSSR count). The van der Waals surface area contributed by atoms with Crippen LogP contribution in [-0.4, -0.2) is 23.2 Å². The van der Waals surface area contributed by atoms with E-state index in [0.717, 1.165) is 10.8 Å². The summed E-state index contributed by atoms with van der Waals surface area (Å²) in [5, 5.41) is 16.3. The van der Waals surface area contributed by atoms with Crippen LogP contribution in [0, 0.1) is 0 Å². The number of esters is 1. The van der Waals surface area contributed by atoms with Gasteiger partial charge in [0.05, 0.1) is 22.4 Å². The van der Waals surface area contributed by atoms with Crippen LogP contribution in [0.5, 0.6) is 11.5 Å². The number of rotatable bonds is 5. The van der Waals surface area contributed by atoms with E-state index in [1.807, 2.05) is 24.3 Å². The maximum atomic E-state index is 12.4. The lowest BCUT2D eigenvalue weighted by Crippen LogP contribution is -2.17. The minimum atomic E-state index is -0.633. The summed E-state index contributed by atoms with van der Waals surface area (Å²) in [6.45, 7) is 0. The fraction of sp³-hybridized carbons (Fsp3) is 0. The average Bonchev–Trinajstić information content (AvgIpc) is 2.78. The summed E-state index contributed by atoms with van der Waals surface area (Å²) in [4.78, 5) is 24.8. The first-order chi connectivity index (χ1) is 15.9. The zero-order chi connectivity index (χ0) is 23.4. The summed E-state index contributed by atoms with van der Waals surface area (Å²) in [5.41, 5.74) is 3.25. The largest absolute Gasteiger partial charge is 0.507 e. The number of hydrazone groups is 1. The van der Waals surface area contributed by atoms with Gasteiger partial charge < -0.3 is 9.84 Å². The second-order valence-corrected chi connectivity index (χ2v) is 7.85. The van der Waals surface area contributed by atoms with Crippen molar-refractivity contribution in [1.29, 1.82) is 0 Å². The second kappa shape index (κ2) is 9.73. The normalized spacial score (nSPS) is 11.0. The molecule has 4 aromatic rings. The van der Waals surface area contributed by atoms with Crippen LogP contribution in [0.3, 0.4) is 0 Å². The summed E-state index contributed by atoms with van der Waals surface area (Å²) in [7, 11) is 0. The van der Waals surface area contributed by atoms with Crippen LogP contribution in [-0.2, 0) is 0 Å². The summed E-state index contributed by atoms with van der Waals surface area (Å²) in [5.74, 6) is -1.06. The lowest BCUT2D eigenvalue weighted by Gasteiger charge is -2.07. The van der Waals surface area contributed by atoms with Crippen LogP contribution in [0.25, 0.3) is 10.8 Å². The van der Waals surface area contributed by atoms with Crippen molar-refractivity contribution >= 4 is 52.1 Å². The average molecular weight is 479 g/mol. The van der Waals surface area contributed by atoms with Gasteiger partial charge in [0.15, 0.2) is 0 Å². The number of nitrogens with one attached hydrogen (secondary N) is 1. The predicted molar refractivity (Wildman–Crippen MR) is 129 cm³/mol. The first-order valence-corrected chi connectivity index (χ1v) is 10.5. The predicted octanol–water partition coefficient (Wildman–Crippen LogP) is 5.84.